The Morgan fingerprint density at radius 3 is 2.37 bits per heavy atom. The lowest BCUT2D eigenvalue weighted by Crippen LogP contribution is -2.34. The zero-order chi connectivity index (χ0) is 19.9. The van der Waals surface area contributed by atoms with Gasteiger partial charge in [-0.1, -0.05) is 18.2 Å². The van der Waals surface area contributed by atoms with Crippen LogP contribution in [0.25, 0.3) is 0 Å². The molecule has 0 radical (unpaired) electrons. The van der Waals surface area contributed by atoms with Crippen LogP contribution in [0.5, 0.6) is 0 Å². The van der Waals surface area contributed by atoms with Crippen LogP contribution in [0.15, 0.2) is 46.2 Å². The Balaban J connectivity index is 2.11. The fraction of sp³-hybridized carbons (Fsp3) is 0.222. The van der Waals surface area contributed by atoms with E-state index in [2.05, 4.69) is 0 Å². The largest absolute Gasteiger partial charge is 0.478 e. The van der Waals surface area contributed by atoms with Gasteiger partial charge in [-0.3, -0.25) is 5.21 Å². The highest BCUT2D eigenvalue weighted by Gasteiger charge is 2.29. The van der Waals surface area contributed by atoms with Crippen molar-refractivity contribution < 1.29 is 28.3 Å². The first-order valence-corrected chi connectivity index (χ1v) is 9.63. The van der Waals surface area contributed by atoms with Crippen LogP contribution in [0, 0.1) is 0 Å². The number of hydrogen-bond acceptors (Lipinski definition) is 5. The minimum absolute atomic E-state index is 0.0112. The van der Waals surface area contributed by atoms with Crippen molar-refractivity contribution in [3.8, 4) is 0 Å². The lowest BCUT2D eigenvalue weighted by molar-refractivity contribution is -0.0710. The van der Waals surface area contributed by atoms with Crippen LogP contribution in [0.3, 0.4) is 0 Å². The number of amides is 2. The van der Waals surface area contributed by atoms with E-state index in [-0.39, 0.29) is 15.4 Å². The van der Waals surface area contributed by atoms with E-state index in [1.54, 1.807) is 13.0 Å². The average Bonchev–Trinajstić information content (AvgIpc) is 2.74. The van der Waals surface area contributed by atoms with E-state index in [4.69, 9.17) is 10.8 Å². The Labute approximate surface area is 155 Å². The summed E-state index contributed by atoms with van der Waals surface area (Å²) in [4.78, 5) is 22.4. The molecular formula is C18H18N2O6S. The standard InChI is InChI=1S/C18H18N2O6S/c1-10(20(24)18(19)23)12-6-7-15-13(8-12)4-2-11-3-5-14(17(21)22)9-16(11)27(15,25)26/h3,5-10,24H,2,4H2,1H3,(H2,19,23)(H,21,22). The summed E-state index contributed by atoms with van der Waals surface area (Å²) in [5, 5.41) is 19.3. The number of nitrogens with zero attached hydrogens (tertiary/aromatic N) is 1. The summed E-state index contributed by atoms with van der Waals surface area (Å²) in [5.41, 5.74) is 6.59. The number of carbonyl (C=O) groups is 2. The number of carbonyl (C=O) groups excluding carboxylic acids is 1. The lowest BCUT2D eigenvalue weighted by atomic mass is 9.99. The molecule has 0 aliphatic carbocycles. The second-order valence-corrected chi connectivity index (χ2v) is 8.24. The maximum absolute atomic E-state index is 13.1. The molecule has 9 heteroatoms. The van der Waals surface area contributed by atoms with E-state index in [0.717, 1.165) is 0 Å². The smallest absolute Gasteiger partial charge is 0.339 e. The molecule has 1 atom stereocenters. The van der Waals surface area contributed by atoms with Crippen molar-refractivity contribution in [3.63, 3.8) is 0 Å². The number of carboxylic acid groups (broad SMARTS) is 1. The third kappa shape index (κ3) is 3.26. The van der Waals surface area contributed by atoms with Crippen LogP contribution >= 0.6 is 0 Å². The maximum Gasteiger partial charge on any atom is 0.339 e. The van der Waals surface area contributed by atoms with E-state index in [0.29, 0.717) is 34.6 Å². The fourth-order valence-corrected chi connectivity index (χ4v) is 4.97. The van der Waals surface area contributed by atoms with Gasteiger partial charge in [-0.15, -0.1) is 0 Å². The molecule has 1 unspecified atom stereocenters. The third-order valence-corrected chi connectivity index (χ3v) is 6.65. The highest BCUT2D eigenvalue weighted by Crippen LogP contribution is 2.34. The summed E-state index contributed by atoms with van der Waals surface area (Å²) in [6.45, 7) is 1.56. The van der Waals surface area contributed by atoms with E-state index in [9.17, 15) is 23.2 Å². The molecule has 0 fully saturated rings. The second kappa shape index (κ2) is 6.67. The van der Waals surface area contributed by atoms with Crippen molar-refractivity contribution in [1.29, 1.82) is 0 Å². The maximum atomic E-state index is 13.1. The zero-order valence-corrected chi connectivity index (χ0v) is 15.2. The van der Waals surface area contributed by atoms with Crippen molar-refractivity contribution in [1.82, 2.24) is 5.06 Å². The topological polar surface area (TPSA) is 138 Å². The number of carboxylic acids is 1. The molecule has 27 heavy (non-hydrogen) atoms. The van der Waals surface area contributed by atoms with Gasteiger partial charge < -0.3 is 10.8 Å². The Kier molecular flexibility index (Phi) is 4.66. The predicted molar refractivity (Wildman–Crippen MR) is 94.3 cm³/mol. The molecule has 1 aliphatic heterocycles. The number of fused-ring (bicyclic) bond motifs is 2. The molecule has 2 amide bonds. The summed E-state index contributed by atoms with van der Waals surface area (Å²) in [7, 11) is -3.90. The molecule has 0 saturated heterocycles. The molecule has 0 bridgehead atoms. The fourth-order valence-electron chi connectivity index (χ4n) is 3.18. The molecule has 0 spiro atoms. The first-order valence-electron chi connectivity index (χ1n) is 8.14. The zero-order valence-electron chi connectivity index (χ0n) is 14.4. The van der Waals surface area contributed by atoms with Crippen LogP contribution in [0.4, 0.5) is 4.79 Å². The second-order valence-electron chi connectivity index (χ2n) is 6.36. The number of primary amides is 1. The monoisotopic (exact) mass is 390 g/mol. The van der Waals surface area contributed by atoms with Gasteiger partial charge in [0.05, 0.1) is 21.4 Å². The van der Waals surface area contributed by atoms with Crippen molar-refractivity contribution in [3.05, 3.63) is 58.7 Å². The number of hydroxylamine groups is 2. The average molecular weight is 390 g/mol. The normalized spacial score (nSPS) is 15.8. The van der Waals surface area contributed by atoms with Crippen LogP contribution in [-0.4, -0.2) is 35.8 Å². The number of urea groups is 1. The summed E-state index contributed by atoms with van der Waals surface area (Å²) < 4.78 is 26.2. The van der Waals surface area contributed by atoms with Gasteiger partial charge in [-0.25, -0.2) is 18.0 Å². The van der Waals surface area contributed by atoms with Gasteiger partial charge in [-0.05, 0) is 54.7 Å². The molecule has 0 aromatic heterocycles. The lowest BCUT2D eigenvalue weighted by Gasteiger charge is -2.21. The predicted octanol–water partition coefficient (Wildman–Crippen LogP) is 2.15. The van der Waals surface area contributed by atoms with Gasteiger partial charge in [0.25, 0.3) is 0 Å². The number of benzene rings is 2. The summed E-state index contributed by atoms with van der Waals surface area (Å²) in [6, 6.07) is 6.85. The van der Waals surface area contributed by atoms with Crippen molar-refractivity contribution >= 4 is 21.8 Å². The van der Waals surface area contributed by atoms with Gasteiger partial charge in [-0.2, -0.15) is 5.06 Å². The van der Waals surface area contributed by atoms with Crippen LogP contribution in [-0.2, 0) is 22.7 Å². The van der Waals surface area contributed by atoms with Gasteiger partial charge in [0, 0.05) is 0 Å². The number of sulfone groups is 1. The van der Waals surface area contributed by atoms with E-state index < -0.39 is 27.9 Å². The molecule has 3 rings (SSSR count). The first-order chi connectivity index (χ1) is 12.6. The minimum Gasteiger partial charge on any atom is -0.478 e. The molecule has 4 N–H and O–H groups in total. The summed E-state index contributed by atoms with van der Waals surface area (Å²) in [5.74, 6) is -1.20. The Morgan fingerprint density at radius 2 is 1.74 bits per heavy atom. The Hall–Kier alpha value is -2.91. The molecule has 8 nitrogen and oxygen atoms in total. The molecule has 0 saturated carbocycles. The van der Waals surface area contributed by atoms with Crippen LogP contribution < -0.4 is 5.73 Å². The van der Waals surface area contributed by atoms with Crippen LogP contribution in [0.1, 0.15) is 40.0 Å². The van der Waals surface area contributed by atoms with Crippen LogP contribution in [0.2, 0.25) is 0 Å². The number of rotatable bonds is 3. The Bertz CT molecular complexity index is 1050. The third-order valence-electron chi connectivity index (χ3n) is 4.72. The quantitative estimate of drug-likeness (QED) is 0.542. The SMILES string of the molecule is CC(c1ccc2c(c1)CCc1ccc(C(=O)O)cc1S2(=O)=O)N(O)C(N)=O. The van der Waals surface area contributed by atoms with Gasteiger partial charge in [0.15, 0.2) is 0 Å². The minimum atomic E-state index is -3.90. The van der Waals surface area contributed by atoms with Gasteiger partial charge >= 0.3 is 12.0 Å². The molecule has 1 aliphatic rings. The highest BCUT2D eigenvalue weighted by molar-refractivity contribution is 7.91. The van der Waals surface area contributed by atoms with Crippen molar-refractivity contribution in [2.24, 2.45) is 5.73 Å². The molecule has 2 aromatic carbocycles. The molecule has 2 aromatic rings. The van der Waals surface area contributed by atoms with Gasteiger partial charge in [0.1, 0.15) is 0 Å². The van der Waals surface area contributed by atoms with Crippen molar-refractivity contribution in [2.45, 2.75) is 35.6 Å². The first kappa shape index (κ1) is 18.9. The van der Waals surface area contributed by atoms with E-state index >= 15 is 0 Å². The molecular weight excluding hydrogens is 372 g/mol. The summed E-state index contributed by atoms with van der Waals surface area (Å²) in [6.07, 6.45) is 0.828. The van der Waals surface area contributed by atoms with Gasteiger partial charge in [0.2, 0.25) is 9.84 Å². The molecule has 1 heterocycles. The van der Waals surface area contributed by atoms with Crippen molar-refractivity contribution in [2.75, 3.05) is 0 Å². The Morgan fingerprint density at radius 1 is 1.07 bits per heavy atom. The highest BCUT2D eigenvalue weighted by atomic mass is 32.2. The number of hydrogen-bond donors (Lipinski definition) is 3. The number of aromatic carboxylic acids is 1. The molecule has 142 valence electrons. The number of aryl methyl sites for hydroxylation is 2. The van der Waals surface area contributed by atoms with E-state index in [1.165, 1.54) is 30.3 Å². The number of nitrogens with two attached hydrogens (primary N) is 1. The summed E-state index contributed by atoms with van der Waals surface area (Å²) >= 11 is 0. The van der Waals surface area contributed by atoms with E-state index in [1.807, 2.05) is 0 Å².